The molecule has 5 nitrogen and oxygen atoms in total. The third-order valence-electron chi connectivity index (χ3n) is 4.93. The van der Waals surface area contributed by atoms with E-state index < -0.39 is 0 Å². The summed E-state index contributed by atoms with van der Waals surface area (Å²) in [6, 6.07) is 2.59. The van der Waals surface area contributed by atoms with Gasteiger partial charge in [0.1, 0.15) is 0 Å². The summed E-state index contributed by atoms with van der Waals surface area (Å²) in [6.07, 6.45) is 7.57. The van der Waals surface area contributed by atoms with Crippen molar-refractivity contribution < 1.29 is 4.79 Å². The largest absolute Gasteiger partial charge is 0.339 e. The highest BCUT2D eigenvalue weighted by Gasteiger charge is 2.35. The molecule has 0 bridgehead atoms. The maximum atomic E-state index is 12.2. The zero-order valence-corrected chi connectivity index (χ0v) is 13.2. The molecule has 0 unspecified atom stereocenters. The molecule has 116 valence electrons. The molecule has 2 aliphatic rings. The van der Waals surface area contributed by atoms with Crippen LogP contribution in [0.2, 0.25) is 0 Å². The first-order chi connectivity index (χ1) is 10.1. The molecule has 1 atom stereocenters. The first kappa shape index (κ1) is 14.6. The highest BCUT2D eigenvalue weighted by atomic mass is 16.2. The molecule has 1 aromatic heterocycles. The Labute approximate surface area is 126 Å². The zero-order valence-electron chi connectivity index (χ0n) is 13.2. The van der Waals surface area contributed by atoms with E-state index in [1.54, 1.807) is 0 Å². The van der Waals surface area contributed by atoms with Crippen LogP contribution in [0.3, 0.4) is 0 Å². The molecule has 0 aromatic carbocycles. The fourth-order valence-corrected chi connectivity index (χ4v) is 3.84. The average Bonchev–Trinajstić information content (AvgIpc) is 3.13. The van der Waals surface area contributed by atoms with Gasteiger partial charge in [-0.25, -0.2) is 0 Å². The van der Waals surface area contributed by atoms with E-state index in [1.807, 2.05) is 17.9 Å². The first-order valence-electron chi connectivity index (χ1n) is 8.08. The van der Waals surface area contributed by atoms with Crippen molar-refractivity contribution in [3.05, 3.63) is 18.0 Å². The van der Waals surface area contributed by atoms with Gasteiger partial charge in [0.05, 0.1) is 5.69 Å². The van der Waals surface area contributed by atoms with Gasteiger partial charge in [0.2, 0.25) is 5.91 Å². The fourth-order valence-electron chi connectivity index (χ4n) is 3.84. The average molecular weight is 290 g/mol. The van der Waals surface area contributed by atoms with Gasteiger partial charge in [0.25, 0.3) is 0 Å². The molecule has 0 spiro atoms. The summed E-state index contributed by atoms with van der Waals surface area (Å²) in [4.78, 5) is 16.7. The Bertz CT molecular complexity index is 492. The summed E-state index contributed by atoms with van der Waals surface area (Å²) in [5, 5.41) is 4.21. The molecule has 2 fully saturated rings. The minimum atomic E-state index is 0.376. The zero-order chi connectivity index (χ0) is 14.8. The lowest BCUT2D eigenvalue weighted by Crippen LogP contribution is -2.35. The van der Waals surface area contributed by atoms with Crippen LogP contribution in [0.25, 0.3) is 0 Å². The van der Waals surface area contributed by atoms with Crippen LogP contribution in [-0.4, -0.2) is 51.7 Å². The van der Waals surface area contributed by atoms with Gasteiger partial charge in [-0.3, -0.25) is 9.48 Å². The molecular weight excluding hydrogens is 264 g/mol. The predicted octanol–water partition coefficient (Wildman–Crippen LogP) is 1.64. The van der Waals surface area contributed by atoms with Crippen LogP contribution >= 0.6 is 0 Å². The highest BCUT2D eigenvalue weighted by Crippen LogP contribution is 2.29. The third kappa shape index (κ3) is 3.28. The third-order valence-corrected chi connectivity index (χ3v) is 4.93. The van der Waals surface area contributed by atoms with Crippen molar-refractivity contribution in [3.8, 4) is 0 Å². The molecular formula is C16H26N4O. The lowest BCUT2D eigenvalue weighted by molar-refractivity contribution is -0.129. The van der Waals surface area contributed by atoms with Gasteiger partial charge in [-0.05, 0) is 31.9 Å². The molecule has 21 heavy (non-hydrogen) atoms. The van der Waals surface area contributed by atoms with Crippen molar-refractivity contribution >= 4 is 5.91 Å². The molecule has 0 radical (unpaired) electrons. The maximum absolute atomic E-state index is 12.2. The SMILES string of the molecule is CN(Cc1ccnn1C)C[C@H]1CC(=O)N(C2CCCC2)C1. The van der Waals surface area contributed by atoms with E-state index in [4.69, 9.17) is 0 Å². The standard InChI is InChI=1S/C16H26N4O/c1-18(12-15-7-8-17-19(15)2)10-13-9-16(21)20(11-13)14-5-3-4-6-14/h7-8,13-14H,3-6,9-12H2,1-2H3/t13-/m1/s1. The van der Waals surface area contributed by atoms with Crippen molar-refractivity contribution in [2.75, 3.05) is 20.1 Å². The molecule has 1 aromatic rings. The van der Waals surface area contributed by atoms with E-state index in [0.717, 1.165) is 26.1 Å². The number of hydrogen-bond acceptors (Lipinski definition) is 3. The van der Waals surface area contributed by atoms with Crippen molar-refractivity contribution in [1.82, 2.24) is 19.6 Å². The number of carbonyl (C=O) groups is 1. The number of aromatic nitrogens is 2. The second-order valence-electron chi connectivity index (χ2n) is 6.70. The minimum Gasteiger partial charge on any atom is -0.339 e. The van der Waals surface area contributed by atoms with Gasteiger partial charge < -0.3 is 9.80 Å². The summed E-state index contributed by atoms with van der Waals surface area (Å²) < 4.78 is 1.92. The van der Waals surface area contributed by atoms with E-state index in [-0.39, 0.29) is 0 Å². The fraction of sp³-hybridized carbons (Fsp3) is 0.750. The normalized spacial score (nSPS) is 23.7. The Kier molecular flexibility index (Phi) is 4.29. The van der Waals surface area contributed by atoms with Crippen LogP contribution in [0.5, 0.6) is 0 Å². The van der Waals surface area contributed by atoms with Gasteiger partial charge in [-0.15, -0.1) is 0 Å². The van der Waals surface area contributed by atoms with Gasteiger partial charge in [0.15, 0.2) is 0 Å². The Morgan fingerprint density at radius 1 is 1.38 bits per heavy atom. The number of nitrogens with zero attached hydrogens (tertiary/aromatic N) is 4. The topological polar surface area (TPSA) is 41.4 Å². The lowest BCUT2D eigenvalue weighted by Gasteiger charge is -2.25. The van der Waals surface area contributed by atoms with Crippen LogP contribution in [0, 0.1) is 5.92 Å². The Hall–Kier alpha value is -1.36. The quantitative estimate of drug-likeness (QED) is 0.828. The molecule has 1 saturated carbocycles. The second kappa shape index (κ2) is 6.18. The van der Waals surface area contributed by atoms with Crippen molar-refractivity contribution in [1.29, 1.82) is 0 Å². The molecule has 5 heteroatoms. The van der Waals surface area contributed by atoms with Crippen LogP contribution in [0.15, 0.2) is 12.3 Å². The molecule has 2 heterocycles. The molecule has 1 amide bonds. The monoisotopic (exact) mass is 290 g/mol. The van der Waals surface area contributed by atoms with Gasteiger partial charge in [-0.2, -0.15) is 5.10 Å². The van der Waals surface area contributed by atoms with Gasteiger partial charge in [-0.1, -0.05) is 12.8 Å². The second-order valence-corrected chi connectivity index (χ2v) is 6.70. The Morgan fingerprint density at radius 2 is 2.14 bits per heavy atom. The summed E-state index contributed by atoms with van der Waals surface area (Å²) >= 11 is 0. The summed E-state index contributed by atoms with van der Waals surface area (Å²) in [5.74, 6) is 0.858. The van der Waals surface area contributed by atoms with Crippen LogP contribution in [0.4, 0.5) is 0 Å². The molecule has 3 rings (SSSR count). The summed E-state index contributed by atoms with van der Waals surface area (Å²) in [5.41, 5.74) is 1.22. The number of amides is 1. The summed E-state index contributed by atoms with van der Waals surface area (Å²) in [7, 11) is 4.11. The number of rotatable bonds is 5. The minimum absolute atomic E-state index is 0.376. The van der Waals surface area contributed by atoms with Crippen molar-refractivity contribution in [3.63, 3.8) is 0 Å². The van der Waals surface area contributed by atoms with Crippen LogP contribution in [-0.2, 0) is 18.4 Å². The van der Waals surface area contributed by atoms with Crippen molar-refractivity contribution in [2.45, 2.75) is 44.7 Å². The van der Waals surface area contributed by atoms with E-state index in [0.29, 0.717) is 17.9 Å². The van der Waals surface area contributed by atoms with Crippen LogP contribution < -0.4 is 0 Å². The van der Waals surface area contributed by atoms with Gasteiger partial charge >= 0.3 is 0 Å². The number of aryl methyl sites for hydroxylation is 1. The van der Waals surface area contributed by atoms with E-state index >= 15 is 0 Å². The van der Waals surface area contributed by atoms with Crippen LogP contribution in [0.1, 0.15) is 37.8 Å². The summed E-state index contributed by atoms with van der Waals surface area (Å²) in [6.45, 7) is 2.84. The highest BCUT2D eigenvalue weighted by molar-refractivity contribution is 5.79. The number of likely N-dealkylation sites (tertiary alicyclic amines) is 1. The smallest absolute Gasteiger partial charge is 0.223 e. The molecule has 1 aliphatic heterocycles. The Morgan fingerprint density at radius 3 is 2.81 bits per heavy atom. The lowest BCUT2D eigenvalue weighted by atomic mass is 10.1. The van der Waals surface area contributed by atoms with Crippen molar-refractivity contribution in [2.24, 2.45) is 13.0 Å². The van der Waals surface area contributed by atoms with E-state index in [2.05, 4.69) is 28.0 Å². The maximum Gasteiger partial charge on any atom is 0.223 e. The predicted molar refractivity (Wildman–Crippen MR) is 81.6 cm³/mol. The van der Waals surface area contributed by atoms with Gasteiger partial charge in [0, 0.05) is 45.3 Å². The number of hydrogen-bond donors (Lipinski definition) is 0. The molecule has 1 saturated heterocycles. The molecule has 0 N–H and O–H groups in total. The first-order valence-corrected chi connectivity index (χ1v) is 8.08. The van der Waals surface area contributed by atoms with E-state index in [1.165, 1.54) is 31.4 Å². The Balaban J connectivity index is 1.51. The molecule has 1 aliphatic carbocycles. The van der Waals surface area contributed by atoms with E-state index in [9.17, 15) is 4.79 Å². The number of carbonyl (C=O) groups excluding carboxylic acids is 1.